The summed E-state index contributed by atoms with van der Waals surface area (Å²) in [4.78, 5) is 35.6. The third-order valence-corrected chi connectivity index (χ3v) is 6.43. The first kappa shape index (κ1) is 24.6. The summed E-state index contributed by atoms with van der Waals surface area (Å²) in [5, 5.41) is 24.4. The van der Waals surface area contributed by atoms with Gasteiger partial charge in [-0.2, -0.15) is 0 Å². The standard InChI is InChI=1S/C26H30N8O3/c1-16(2)34-15-28-32-25(34)20-7-4-8-23(31-20)30-19-6-3-5-18-24(19)22(36)13-21(29-18)26(37)27-10-12-33-11-9-17(35)14-33/h3-8,13,15-17,35H,9-12,14H2,1-2H3,(H,27,37)(H,29,36)(H,30,31). The fraction of sp³-hybridized carbons (Fsp3) is 0.346. The largest absolute Gasteiger partial charge is 0.392 e. The van der Waals surface area contributed by atoms with Crippen LogP contribution >= 0.6 is 0 Å². The molecule has 4 heterocycles. The summed E-state index contributed by atoms with van der Waals surface area (Å²) in [5.74, 6) is 0.864. The number of likely N-dealkylation sites (tertiary alicyclic amines) is 1. The lowest BCUT2D eigenvalue weighted by Crippen LogP contribution is -2.34. The predicted molar refractivity (Wildman–Crippen MR) is 141 cm³/mol. The molecule has 1 aromatic carbocycles. The summed E-state index contributed by atoms with van der Waals surface area (Å²) >= 11 is 0. The number of nitrogens with zero attached hydrogens (tertiary/aromatic N) is 5. The highest BCUT2D eigenvalue weighted by atomic mass is 16.3. The van der Waals surface area contributed by atoms with E-state index >= 15 is 0 Å². The number of fused-ring (bicyclic) bond motifs is 1. The van der Waals surface area contributed by atoms with E-state index in [1.807, 2.05) is 36.6 Å². The van der Waals surface area contributed by atoms with Gasteiger partial charge in [-0.25, -0.2) is 4.98 Å². The molecule has 192 valence electrons. The van der Waals surface area contributed by atoms with E-state index in [1.54, 1.807) is 24.5 Å². The van der Waals surface area contributed by atoms with Gasteiger partial charge in [0.2, 0.25) is 0 Å². The van der Waals surface area contributed by atoms with Crippen molar-refractivity contribution in [3.05, 3.63) is 64.7 Å². The molecular weight excluding hydrogens is 472 g/mol. The number of pyridine rings is 2. The van der Waals surface area contributed by atoms with Crippen LogP contribution in [-0.2, 0) is 0 Å². The van der Waals surface area contributed by atoms with Crippen LogP contribution in [0.3, 0.4) is 0 Å². The van der Waals surface area contributed by atoms with Crippen LogP contribution in [0.4, 0.5) is 11.5 Å². The average Bonchev–Trinajstić information content (AvgIpc) is 3.53. The van der Waals surface area contributed by atoms with Crippen LogP contribution in [0.5, 0.6) is 0 Å². The van der Waals surface area contributed by atoms with Crippen LogP contribution in [-0.4, -0.2) is 72.9 Å². The van der Waals surface area contributed by atoms with Gasteiger partial charge < -0.3 is 25.3 Å². The highest BCUT2D eigenvalue weighted by Crippen LogP contribution is 2.25. The van der Waals surface area contributed by atoms with Gasteiger partial charge in [-0.15, -0.1) is 10.2 Å². The summed E-state index contributed by atoms with van der Waals surface area (Å²) in [5.41, 5.74) is 1.70. The minimum absolute atomic E-state index is 0.180. The van der Waals surface area contributed by atoms with Crippen molar-refractivity contribution in [1.82, 2.24) is 34.9 Å². The molecule has 5 rings (SSSR count). The molecule has 37 heavy (non-hydrogen) atoms. The maximum atomic E-state index is 13.1. The van der Waals surface area contributed by atoms with Gasteiger partial charge in [-0.05, 0) is 44.5 Å². The molecule has 1 saturated heterocycles. The van der Waals surface area contributed by atoms with E-state index in [2.05, 4.69) is 35.7 Å². The summed E-state index contributed by atoms with van der Waals surface area (Å²) in [6, 6.07) is 12.4. The molecule has 0 spiro atoms. The Morgan fingerprint density at radius 3 is 2.86 bits per heavy atom. The van der Waals surface area contributed by atoms with Crippen molar-refractivity contribution in [1.29, 1.82) is 0 Å². The molecule has 1 fully saturated rings. The Balaban J connectivity index is 1.35. The second-order valence-electron chi connectivity index (χ2n) is 9.46. The molecule has 3 aromatic heterocycles. The number of benzene rings is 1. The van der Waals surface area contributed by atoms with Crippen molar-refractivity contribution in [2.24, 2.45) is 0 Å². The van der Waals surface area contributed by atoms with Gasteiger partial charge in [0, 0.05) is 38.3 Å². The molecule has 4 aromatic rings. The third-order valence-electron chi connectivity index (χ3n) is 6.43. The van der Waals surface area contributed by atoms with Crippen molar-refractivity contribution in [2.45, 2.75) is 32.4 Å². The van der Waals surface area contributed by atoms with Gasteiger partial charge in [0.05, 0.1) is 22.7 Å². The van der Waals surface area contributed by atoms with Gasteiger partial charge in [0.1, 0.15) is 23.5 Å². The van der Waals surface area contributed by atoms with Crippen LogP contribution in [0.1, 0.15) is 36.8 Å². The van der Waals surface area contributed by atoms with E-state index in [0.29, 0.717) is 53.6 Å². The smallest absolute Gasteiger partial charge is 0.267 e. The second kappa shape index (κ2) is 10.5. The van der Waals surface area contributed by atoms with Crippen molar-refractivity contribution in [3.8, 4) is 11.5 Å². The van der Waals surface area contributed by atoms with E-state index in [9.17, 15) is 14.7 Å². The third kappa shape index (κ3) is 5.37. The van der Waals surface area contributed by atoms with Gasteiger partial charge in [0.25, 0.3) is 5.91 Å². The fourth-order valence-corrected chi connectivity index (χ4v) is 4.54. The first-order valence-corrected chi connectivity index (χ1v) is 12.4. The molecule has 1 unspecified atom stereocenters. The van der Waals surface area contributed by atoms with E-state index < -0.39 is 0 Å². The van der Waals surface area contributed by atoms with Crippen molar-refractivity contribution in [2.75, 3.05) is 31.5 Å². The van der Waals surface area contributed by atoms with Gasteiger partial charge in [0.15, 0.2) is 11.3 Å². The van der Waals surface area contributed by atoms with Gasteiger partial charge in [-0.1, -0.05) is 12.1 Å². The first-order valence-electron chi connectivity index (χ1n) is 12.4. The molecule has 11 nitrogen and oxygen atoms in total. The number of β-amino-alcohol motifs (C(OH)–C–C–N with tert-alkyl or cyclic N) is 1. The number of aliphatic hydroxyl groups excluding tert-OH is 1. The summed E-state index contributed by atoms with van der Waals surface area (Å²) in [7, 11) is 0. The molecule has 0 radical (unpaired) electrons. The van der Waals surface area contributed by atoms with E-state index in [-0.39, 0.29) is 29.2 Å². The second-order valence-corrected chi connectivity index (χ2v) is 9.46. The molecular formula is C26H30N8O3. The number of carbonyl (C=O) groups excluding carboxylic acids is 1. The van der Waals surface area contributed by atoms with Crippen LogP contribution in [0, 0.1) is 0 Å². The monoisotopic (exact) mass is 502 g/mol. The van der Waals surface area contributed by atoms with Crippen LogP contribution in [0.25, 0.3) is 22.4 Å². The number of amides is 1. The number of aromatic amines is 1. The lowest BCUT2D eigenvalue weighted by molar-refractivity contribution is 0.0944. The van der Waals surface area contributed by atoms with E-state index in [4.69, 9.17) is 0 Å². The molecule has 1 aliphatic rings. The van der Waals surface area contributed by atoms with E-state index in [0.717, 1.165) is 13.0 Å². The lowest BCUT2D eigenvalue weighted by Gasteiger charge is -2.15. The molecule has 4 N–H and O–H groups in total. The maximum absolute atomic E-state index is 13.1. The van der Waals surface area contributed by atoms with Gasteiger partial charge in [-0.3, -0.25) is 14.5 Å². The maximum Gasteiger partial charge on any atom is 0.267 e. The highest BCUT2D eigenvalue weighted by molar-refractivity contribution is 5.98. The van der Waals surface area contributed by atoms with Crippen LogP contribution in [0.15, 0.2) is 53.6 Å². The zero-order valence-electron chi connectivity index (χ0n) is 20.8. The molecule has 1 amide bonds. The Bertz CT molecular complexity index is 1480. The van der Waals surface area contributed by atoms with Crippen molar-refractivity contribution < 1.29 is 9.90 Å². The Kier molecular flexibility index (Phi) is 6.97. The van der Waals surface area contributed by atoms with Crippen molar-refractivity contribution >= 4 is 28.3 Å². The minimum Gasteiger partial charge on any atom is -0.392 e. The van der Waals surface area contributed by atoms with Crippen LogP contribution < -0.4 is 16.1 Å². The molecule has 0 saturated carbocycles. The summed E-state index contributed by atoms with van der Waals surface area (Å²) < 4.78 is 1.94. The topological polar surface area (TPSA) is 141 Å². The highest BCUT2D eigenvalue weighted by Gasteiger charge is 2.20. The van der Waals surface area contributed by atoms with Gasteiger partial charge >= 0.3 is 0 Å². The number of anilines is 2. The number of H-pyrrole nitrogens is 1. The Labute approximate surface area is 213 Å². The number of aromatic nitrogens is 5. The Morgan fingerprint density at radius 1 is 1.24 bits per heavy atom. The van der Waals surface area contributed by atoms with E-state index in [1.165, 1.54) is 6.07 Å². The Morgan fingerprint density at radius 2 is 2.08 bits per heavy atom. The molecule has 0 bridgehead atoms. The first-order chi connectivity index (χ1) is 17.9. The SMILES string of the molecule is CC(C)n1cnnc1-c1cccc(Nc2cccc3[nH]c(C(=O)NCCN4CCC(O)C4)cc(=O)c23)n1. The summed E-state index contributed by atoms with van der Waals surface area (Å²) in [6.45, 7) is 6.60. The lowest BCUT2D eigenvalue weighted by atomic mass is 10.1. The zero-order valence-corrected chi connectivity index (χ0v) is 20.8. The Hall–Kier alpha value is -4.09. The minimum atomic E-state index is -0.347. The number of nitrogens with one attached hydrogen (secondary N) is 3. The fourth-order valence-electron chi connectivity index (χ4n) is 4.54. The number of rotatable bonds is 8. The molecule has 1 atom stereocenters. The summed E-state index contributed by atoms with van der Waals surface area (Å²) in [6.07, 6.45) is 2.13. The number of carbonyl (C=O) groups is 1. The normalized spacial score (nSPS) is 15.9. The average molecular weight is 503 g/mol. The van der Waals surface area contributed by atoms with Crippen molar-refractivity contribution in [3.63, 3.8) is 0 Å². The molecule has 1 aliphatic heterocycles. The zero-order chi connectivity index (χ0) is 25.9. The number of hydrogen-bond acceptors (Lipinski definition) is 8. The molecule has 0 aliphatic carbocycles. The van der Waals surface area contributed by atoms with Crippen LogP contribution in [0.2, 0.25) is 0 Å². The predicted octanol–water partition coefficient (Wildman–Crippen LogP) is 2.30. The molecule has 11 heteroatoms. The number of aliphatic hydroxyl groups is 1. The number of hydrogen-bond donors (Lipinski definition) is 4. The quantitative estimate of drug-likeness (QED) is 0.288.